The van der Waals surface area contributed by atoms with Crippen molar-refractivity contribution in [3.63, 3.8) is 0 Å². The fourth-order valence-electron chi connectivity index (χ4n) is 7.83. The number of rotatable bonds is 7. The lowest BCUT2D eigenvalue weighted by molar-refractivity contribution is 0.669. The van der Waals surface area contributed by atoms with Gasteiger partial charge in [0.25, 0.3) is 0 Å². The number of nitrogens with zero attached hydrogens (tertiary/aromatic N) is 1. The molecule has 0 N–H and O–H groups in total. The standard InChI is InChI=1S/C52H35NO/c1-4-14-36(15-5-1)38-24-26-39(27-25-38)42-30-31-47-50(35-42)54-49-33-32-46(40-17-6-2-7-18-40)52(51(47)49)53(44-20-8-3-9-21-44)48-23-13-12-22-45(48)43-29-28-37-16-10-11-19-41(37)34-43/h1-35H. The Morgan fingerprint density at radius 1 is 0.333 bits per heavy atom. The highest BCUT2D eigenvalue weighted by molar-refractivity contribution is 6.18. The molecule has 2 heteroatoms. The molecule has 10 aromatic rings. The molecule has 0 radical (unpaired) electrons. The molecular weight excluding hydrogens is 655 g/mol. The summed E-state index contributed by atoms with van der Waals surface area (Å²) in [5, 5.41) is 4.60. The predicted molar refractivity (Wildman–Crippen MR) is 228 cm³/mol. The van der Waals surface area contributed by atoms with E-state index in [0.717, 1.165) is 66.8 Å². The molecule has 54 heavy (non-hydrogen) atoms. The van der Waals surface area contributed by atoms with Crippen LogP contribution in [0, 0.1) is 0 Å². The largest absolute Gasteiger partial charge is 0.456 e. The number of furan rings is 1. The second kappa shape index (κ2) is 13.4. The molecule has 2 nitrogen and oxygen atoms in total. The lowest BCUT2D eigenvalue weighted by Gasteiger charge is -2.30. The maximum Gasteiger partial charge on any atom is 0.137 e. The van der Waals surface area contributed by atoms with Crippen LogP contribution < -0.4 is 4.90 Å². The summed E-state index contributed by atoms with van der Waals surface area (Å²) in [5.74, 6) is 0. The number of anilines is 3. The van der Waals surface area contributed by atoms with E-state index in [4.69, 9.17) is 4.42 Å². The SMILES string of the molecule is c1ccc(-c2ccc(-c3ccc4c(c3)oc3ccc(-c5ccccc5)c(N(c5ccccc5)c5ccccc5-c5ccc6ccccc6c5)c34)cc2)cc1. The zero-order chi connectivity index (χ0) is 35.8. The maximum atomic E-state index is 6.80. The Balaban J connectivity index is 1.20. The minimum atomic E-state index is 0.848. The predicted octanol–water partition coefficient (Wildman–Crippen LogP) is 14.9. The van der Waals surface area contributed by atoms with Gasteiger partial charge < -0.3 is 9.32 Å². The quantitative estimate of drug-likeness (QED) is 0.166. The molecule has 0 unspecified atom stereocenters. The van der Waals surface area contributed by atoms with Crippen LogP contribution in [-0.2, 0) is 0 Å². The van der Waals surface area contributed by atoms with E-state index in [2.05, 4.69) is 217 Å². The molecule has 254 valence electrons. The van der Waals surface area contributed by atoms with Gasteiger partial charge in [0.15, 0.2) is 0 Å². The highest BCUT2D eigenvalue weighted by atomic mass is 16.3. The Bertz CT molecular complexity index is 2910. The minimum Gasteiger partial charge on any atom is -0.456 e. The van der Waals surface area contributed by atoms with Gasteiger partial charge in [0.1, 0.15) is 11.2 Å². The molecule has 0 bridgehead atoms. The highest BCUT2D eigenvalue weighted by Gasteiger charge is 2.25. The number of para-hydroxylation sites is 2. The summed E-state index contributed by atoms with van der Waals surface area (Å²) in [6.07, 6.45) is 0. The lowest BCUT2D eigenvalue weighted by Crippen LogP contribution is -2.13. The van der Waals surface area contributed by atoms with Crippen molar-refractivity contribution in [2.75, 3.05) is 4.90 Å². The van der Waals surface area contributed by atoms with Gasteiger partial charge in [-0.3, -0.25) is 0 Å². The van der Waals surface area contributed by atoms with Crippen molar-refractivity contribution < 1.29 is 4.42 Å². The lowest BCUT2D eigenvalue weighted by atomic mass is 9.95. The summed E-state index contributed by atoms with van der Waals surface area (Å²) in [6, 6.07) is 75.8. The molecule has 0 amide bonds. The first-order valence-corrected chi connectivity index (χ1v) is 18.4. The van der Waals surface area contributed by atoms with Crippen molar-refractivity contribution in [1.82, 2.24) is 0 Å². The number of fused-ring (bicyclic) bond motifs is 4. The maximum absolute atomic E-state index is 6.80. The topological polar surface area (TPSA) is 16.4 Å². The van der Waals surface area contributed by atoms with Gasteiger partial charge in [-0.25, -0.2) is 0 Å². The Kier molecular flexibility index (Phi) is 7.85. The molecule has 10 rings (SSSR count). The molecule has 1 aromatic heterocycles. The zero-order valence-electron chi connectivity index (χ0n) is 29.6. The molecule has 0 spiro atoms. The fourth-order valence-corrected chi connectivity index (χ4v) is 7.83. The molecule has 0 aliphatic carbocycles. The van der Waals surface area contributed by atoms with Crippen molar-refractivity contribution in [1.29, 1.82) is 0 Å². The average Bonchev–Trinajstić information content (AvgIpc) is 3.63. The first-order chi connectivity index (χ1) is 26.8. The van der Waals surface area contributed by atoms with Crippen LogP contribution in [0.25, 0.3) is 77.2 Å². The van der Waals surface area contributed by atoms with Crippen molar-refractivity contribution in [2.45, 2.75) is 0 Å². The Morgan fingerprint density at radius 2 is 0.907 bits per heavy atom. The van der Waals surface area contributed by atoms with Crippen LogP contribution in [0.4, 0.5) is 17.1 Å². The molecule has 0 aliphatic heterocycles. The average molecular weight is 690 g/mol. The molecule has 0 fully saturated rings. The third kappa shape index (κ3) is 5.62. The fraction of sp³-hybridized carbons (Fsp3) is 0. The monoisotopic (exact) mass is 689 g/mol. The van der Waals surface area contributed by atoms with E-state index in [1.165, 1.54) is 27.5 Å². The van der Waals surface area contributed by atoms with Crippen LogP contribution >= 0.6 is 0 Å². The molecule has 0 atom stereocenters. The molecular formula is C52H35NO. The summed E-state index contributed by atoms with van der Waals surface area (Å²) < 4.78 is 6.80. The third-order valence-corrected chi connectivity index (χ3v) is 10.5. The highest BCUT2D eigenvalue weighted by Crippen LogP contribution is 2.50. The van der Waals surface area contributed by atoms with Crippen LogP contribution in [0.1, 0.15) is 0 Å². The minimum absolute atomic E-state index is 0.848. The van der Waals surface area contributed by atoms with Crippen LogP contribution in [0.15, 0.2) is 217 Å². The van der Waals surface area contributed by atoms with E-state index in [-0.39, 0.29) is 0 Å². The third-order valence-electron chi connectivity index (χ3n) is 10.5. The molecule has 0 aliphatic rings. The van der Waals surface area contributed by atoms with E-state index in [9.17, 15) is 0 Å². The van der Waals surface area contributed by atoms with E-state index in [0.29, 0.717) is 0 Å². The van der Waals surface area contributed by atoms with Gasteiger partial charge in [0.2, 0.25) is 0 Å². The second-order valence-electron chi connectivity index (χ2n) is 13.7. The van der Waals surface area contributed by atoms with E-state index in [1.54, 1.807) is 0 Å². The van der Waals surface area contributed by atoms with E-state index >= 15 is 0 Å². The summed E-state index contributed by atoms with van der Waals surface area (Å²) in [5.41, 5.74) is 14.2. The summed E-state index contributed by atoms with van der Waals surface area (Å²) >= 11 is 0. The Morgan fingerprint density at radius 3 is 1.67 bits per heavy atom. The van der Waals surface area contributed by atoms with Crippen LogP contribution in [0.3, 0.4) is 0 Å². The smallest absolute Gasteiger partial charge is 0.137 e. The van der Waals surface area contributed by atoms with Crippen molar-refractivity contribution in [3.05, 3.63) is 212 Å². The van der Waals surface area contributed by atoms with Gasteiger partial charge in [-0.05, 0) is 92.7 Å². The van der Waals surface area contributed by atoms with Gasteiger partial charge in [-0.2, -0.15) is 0 Å². The van der Waals surface area contributed by atoms with Crippen molar-refractivity contribution in [3.8, 4) is 44.5 Å². The van der Waals surface area contributed by atoms with Gasteiger partial charge in [-0.1, -0.05) is 164 Å². The molecule has 0 saturated carbocycles. The number of hydrogen-bond acceptors (Lipinski definition) is 2. The zero-order valence-corrected chi connectivity index (χ0v) is 29.6. The van der Waals surface area contributed by atoms with Crippen molar-refractivity contribution in [2.24, 2.45) is 0 Å². The van der Waals surface area contributed by atoms with Gasteiger partial charge in [-0.15, -0.1) is 0 Å². The van der Waals surface area contributed by atoms with Gasteiger partial charge >= 0.3 is 0 Å². The van der Waals surface area contributed by atoms with E-state index < -0.39 is 0 Å². The number of hydrogen-bond donors (Lipinski definition) is 0. The first kappa shape index (κ1) is 31.6. The van der Waals surface area contributed by atoms with Gasteiger partial charge in [0, 0.05) is 22.2 Å². The van der Waals surface area contributed by atoms with Crippen LogP contribution in [-0.4, -0.2) is 0 Å². The molecule has 9 aromatic carbocycles. The Labute approximate surface area is 314 Å². The Hall–Kier alpha value is -7.16. The van der Waals surface area contributed by atoms with Crippen LogP contribution in [0.5, 0.6) is 0 Å². The molecule has 1 heterocycles. The van der Waals surface area contributed by atoms with E-state index in [1.807, 2.05) is 0 Å². The number of benzene rings is 9. The second-order valence-corrected chi connectivity index (χ2v) is 13.7. The summed E-state index contributed by atoms with van der Waals surface area (Å²) in [4.78, 5) is 2.43. The summed E-state index contributed by atoms with van der Waals surface area (Å²) in [7, 11) is 0. The van der Waals surface area contributed by atoms with Crippen LogP contribution in [0.2, 0.25) is 0 Å². The first-order valence-electron chi connectivity index (χ1n) is 18.4. The normalized spacial score (nSPS) is 11.3. The summed E-state index contributed by atoms with van der Waals surface area (Å²) in [6.45, 7) is 0. The van der Waals surface area contributed by atoms with Gasteiger partial charge in [0.05, 0.1) is 16.8 Å². The van der Waals surface area contributed by atoms with Crippen molar-refractivity contribution >= 4 is 49.8 Å². The molecule has 0 saturated heterocycles.